The van der Waals surface area contributed by atoms with Gasteiger partial charge in [-0.05, 0) is 56.4 Å². The summed E-state index contributed by atoms with van der Waals surface area (Å²) in [4.78, 5) is 0. The molecule has 0 aliphatic carbocycles. The molecule has 0 heterocycles. The van der Waals surface area contributed by atoms with Crippen molar-refractivity contribution < 1.29 is 14.9 Å². The summed E-state index contributed by atoms with van der Waals surface area (Å²) < 4.78 is 5.59. The lowest BCUT2D eigenvalue weighted by Crippen LogP contribution is -2.25. The van der Waals surface area contributed by atoms with Crippen molar-refractivity contribution in [2.45, 2.75) is 52.2 Å². The molecular weight excluding hydrogens is 264 g/mol. The number of aryl methyl sites for hydroxylation is 2. The molecule has 0 aliphatic rings. The first-order valence-electron chi connectivity index (χ1n) is 6.77. The second-order valence-electron chi connectivity index (χ2n) is 4.72. The van der Waals surface area contributed by atoms with Crippen LogP contribution in [0.15, 0.2) is 12.1 Å². The first-order valence-corrected chi connectivity index (χ1v) is 7.15. The van der Waals surface area contributed by atoms with Gasteiger partial charge in [-0.25, -0.2) is 0 Å². The molecule has 1 rings (SSSR count). The predicted octanol–water partition coefficient (Wildman–Crippen LogP) is 3.11. The maximum atomic E-state index is 9.80. The average Bonchev–Trinajstić information content (AvgIpc) is 2.40. The molecule has 1 aromatic carbocycles. The van der Waals surface area contributed by atoms with E-state index in [2.05, 4.69) is 0 Å². The molecule has 3 nitrogen and oxygen atoms in total. The summed E-state index contributed by atoms with van der Waals surface area (Å²) in [5.74, 6) is 0.808. The Morgan fingerprint density at radius 1 is 1.21 bits per heavy atom. The van der Waals surface area contributed by atoms with Crippen LogP contribution < -0.4 is 4.74 Å². The Morgan fingerprint density at radius 3 is 2.47 bits per heavy atom. The Balaban J connectivity index is 2.78. The van der Waals surface area contributed by atoms with Crippen LogP contribution in [0.3, 0.4) is 0 Å². The van der Waals surface area contributed by atoms with Crippen LogP contribution in [0.2, 0.25) is 5.02 Å². The molecule has 0 spiro atoms. The zero-order chi connectivity index (χ0) is 14.4. The van der Waals surface area contributed by atoms with Gasteiger partial charge in [0.1, 0.15) is 5.75 Å². The first-order chi connectivity index (χ1) is 8.99. The smallest absolute Gasteiger partial charge is 0.122 e. The van der Waals surface area contributed by atoms with E-state index in [1.807, 2.05) is 32.9 Å². The summed E-state index contributed by atoms with van der Waals surface area (Å²) in [6.45, 7) is 6.31. The maximum absolute atomic E-state index is 9.80. The molecule has 108 valence electrons. The van der Waals surface area contributed by atoms with Crippen LogP contribution in [0.25, 0.3) is 0 Å². The third-order valence-electron chi connectivity index (χ3n) is 3.21. The van der Waals surface area contributed by atoms with Gasteiger partial charge in [0, 0.05) is 5.02 Å². The lowest BCUT2D eigenvalue weighted by atomic mass is 10.0. The summed E-state index contributed by atoms with van der Waals surface area (Å²) in [5.41, 5.74) is 1.95. The highest BCUT2D eigenvalue weighted by molar-refractivity contribution is 6.31. The highest BCUT2D eigenvalue weighted by Crippen LogP contribution is 2.28. The molecular formula is C15H23ClO3. The lowest BCUT2D eigenvalue weighted by molar-refractivity contribution is 0.0130. The van der Waals surface area contributed by atoms with Gasteiger partial charge in [0.05, 0.1) is 18.8 Å². The number of benzene rings is 1. The van der Waals surface area contributed by atoms with Crippen LogP contribution in [0.1, 0.15) is 37.8 Å². The highest BCUT2D eigenvalue weighted by atomic mass is 35.5. The van der Waals surface area contributed by atoms with Crippen molar-refractivity contribution >= 4 is 11.6 Å². The van der Waals surface area contributed by atoms with Crippen molar-refractivity contribution in [3.05, 3.63) is 28.3 Å². The van der Waals surface area contributed by atoms with Gasteiger partial charge >= 0.3 is 0 Å². The molecule has 0 fully saturated rings. The maximum Gasteiger partial charge on any atom is 0.122 e. The third kappa shape index (κ3) is 4.68. The molecule has 2 N–H and O–H groups in total. The number of hydrogen-bond acceptors (Lipinski definition) is 3. The Hall–Kier alpha value is -0.770. The fraction of sp³-hybridized carbons (Fsp3) is 0.600. The summed E-state index contributed by atoms with van der Waals surface area (Å²) in [5, 5.41) is 20.1. The van der Waals surface area contributed by atoms with Crippen LogP contribution in [-0.2, 0) is 6.42 Å². The van der Waals surface area contributed by atoms with Gasteiger partial charge in [-0.2, -0.15) is 0 Å². The first kappa shape index (κ1) is 16.3. The number of ether oxygens (including phenoxy) is 1. The SMILES string of the molecule is CCOc1cc(C)c(Cl)cc1CCC(O)C(O)CC. The largest absolute Gasteiger partial charge is 0.494 e. The second-order valence-corrected chi connectivity index (χ2v) is 5.13. The Kier molecular flexibility index (Phi) is 6.63. The normalized spacial score (nSPS) is 14.2. The van der Waals surface area contributed by atoms with Gasteiger partial charge in [0.15, 0.2) is 0 Å². The standard InChI is InChI=1S/C15H23ClO3/c1-4-13(17)14(18)7-6-11-9-12(16)10(3)8-15(11)19-5-2/h8-9,13-14,17-18H,4-7H2,1-3H3. The monoisotopic (exact) mass is 286 g/mol. The molecule has 4 heteroatoms. The summed E-state index contributed by atoms with van der Waals surface area (Å²) >= 11 is 6.12. The van der Waals surface area contributed by atoms with E-state index < -0.39 is 12.2 Å². The van der Waals surface area contributed by atoms with Crippen molar-refractivity contribution in [2.75, 3.05) is 6.61 Å². The topological polar surface area (TPSA) is 49.7 Å². The number of hydrogen-bond donors (Lipinski definition) is 2. The predicted molar refractivity (Wildman–Crippen MR) is 78.0 cm³/mol. The van der Waals surface area contributed by atoms with Crippen molar-refractivity contribution in [3.63, 3.8) is 0 Å². The van der Waals surface area contributed by atoms with Crippen LogP contribution in [0.4, 0.5) is 0 Å². The molecule has 0 amide bonds. The van der Waals surface area contributed by atoms with Gasteiger partial charge in [0.25, 0.3) is 0 Å². The van der Waals surface area contributed by atoms with Crippen LogP contribution in [0, 0.1) is 6.92 Å². The van der Waals surface area contributed by atoms with E-state index in [9.17, 15) is 10.2 Å². The average molecular weight is 287 g/mol. The number of rotatable bonds is 7. The minimum atomic E-state index is -0.709. The zero-order valence-electron chi connectivity index (χ0n) is 11.8. The van der Waals surface area contributed by atoms with E-state index in [1.54, 1.807) is 0 Å². The molecule has 0 aromatic heterocycles. The molecule has 1 aromatic rings. The number of aliphatic hydroxyl groups excluding tert-OH is 2. The van der Waals surface area contributed by atoms with Gasteiger partial charge < -0.3 is 14.9 Å². The van der Waals surface area contributed by atoms with E-state index in [0.717, 1.165) is 16.9 Å². The fourth-order valence-corrected chi connectivity index (χ4v) is 2.14. The Morgan fingerprint density at radius 2 is 1.89 bits per heavy atom. The Labute approximate surface area is 120 Å². The van der Waals surface area contributed by atoms with E-state index in [0.29, 0.717) is 30.9 Å². The molecule has 0 saturated carbocycles. The van der Waals surface area contributed by atoms with E-state index in [1.165, 1.54) is 0 Å². The van der Waals surface area contributed by atoms with Crippen LogP contribution in [0.5, 0.6) is 5.75 Å². The van der Waals surface area contributed by atoms with Crippen molar-refractivity contribution in [3.8, 4) is 5.75 Å². The van der Waals surface area contributed by atoms with Gasteiger partial charge in [-0.3, -0.25) is 0 Å². The van der Waals surface area contributed by atoms with Gasteiger partial charge in [0.2, 0.25) is 0 Å². The van der Waals surface area contributed by atoms with E-state index in [4.69, 9.17) is 16.3 Å². The fourth-order valence-electron chi connectivity index (χ4n) is 1.95. The van der Waals surface area contributed by atoms with Crippen molar-refractivity contribution in [1.29, 1.82) is 0 Å². The van der Waals surface area contributed by atoms with E-state index >= 15 is 0 Å². The summed E-state index contributed by atoms with van der Waals surface area (Å²) in [6, 6.07) is 3.80. The van der Waals surface area contributed by atoms with Crippen molar-refractivity contribution in [2.24, 2.45) is 0 Å². The van der Waals surface area contributed by atoms with E-state index in [-0.39, 0.29) is 0 Å². The van der Waals surface area contributed by atoms with Crippen LogP contribution in [-0.4, -0.2) is 29.0 Å². The zero-order valence-corrected chi connectivity index (χ0v) is 12.6. The molecule has 0 aliphatic heterocycles. The molecule has 19 heavy (non-hydrogen) atoms. The third-order valence-corrected chi connectivity index (χ3v) is 3.62. The lowest BCUT2D eigenvalue weighted by Gasteiger charge is -2.17. The minimum Gasteiger partial charge on any atom is -0.494 e. The summed E-state index contributed by atoms with van der Waals surface area (Å²) in [7, 11) is 0. The molecule has 2 atom stereocenters. The molecule has 0 saturated heterocycles. The van der Waals surface area contributed by atoms with Crippen LogP contribution >= 0.6 is 11.6 Å². The quantitative estimate of drug-likeness (QED) is 0.810. The molecule has 0 bridgehead atoms. The van der Waals surface area contributed by atoms with Crippen molar-refractivity contribution in [1.82, 2.24) is 0 Å². The van der Waals surface area contributed by atoms with Gasteiger partial charge in [-0.15, -0.1) is 0 Å². The summed E-state index contributed by atoms with van der Waals surface area (Å²) in [6.07, 6.45) is 0.298. The molecule has 2 unspecified atom stereocenters. The highest BCUT2D eigenvalue weighted by Gasteiger charge is 2.15. The van der Waals surface area contributed by atoms with Gasteiger partial charge in [-0.1, -0.05) is 18.5 Å². The minimum absolute atomic E-state index is 0.495. The number of aliphatic hydroxyl groups is 2. The number of halogens is 1. The Bertz CT molecular complexity index is 407. The molecule has 0 radical (unpaired) electrons. The second kappa shape index (κ2) is 7.73.